The summed E-state index contributed by atoms with van der Waals surface area (Å²) >= 11 is 12.0. The highest BCUT2D eigenvalue weighted by atomic mass is 35.5. The first-order valence-electron chi connectivity index (χ1n) is 6.01. The van der Waals surface area contributed by atoms with Gasteiger partial charge in [-0.05, 0) is 37.2 Å². The number of rotatable bonds is 2. The summed E-state index contributed by atoms with van der Waals surface area (Å²) in [5, 5.41) is 7.63. The molecule has 1 aliphatic rings. The summed E-state index contributed by atoms with van der Waals surface area (Å²) in [6.07, 6.45) is 0.870. The van der Waals surface area contributed by atoms with Crippen LogP contribution in [0.1, 0.15) is 11.3 Å². The van der Waals surface area contributed by atoms with Crippen LogP contribution in [0.15, 0.2) is 24.3 Å². The molecule has 6 heteroatoms. The van der Waals surface area contributed by atoms with E-state index in [0.29, 0.717) is 16.1 Å². The van der Waals surface area contributed by atoms with Crippen molar-refractivity contribution in [2.45, 2.75) is 13.0 Å². The van der Waals surface area contributed by atoms with Gasteiger partial charge in [0.15, 0.2) is 0 Å². The molecule has 0 unspecified atom stereocenters. The van der Waals surface area contributed by atoms with Gasteiger partial charge in [0, 0.05) is 22.8 Å². The Morgan fingerprint density at radius 1 is 1.11 bits per heavy atom. The van der Waals surface area contributed by atoms with Gasteiger partial charge in [0.1, 0.15) is 5.15 Å². The van der Waals surface area contributed by atoms with Crippen molar-refractivity contribution in [3.8, 4) is 0 Å². The summed E-state index contributed by atoms with van der Waals surface area (Å²) in [5.74, 6) is 0.509. The molecule has 1 aliphatic heterocycles. The van der Waals surface area contributed by atoms with Crippen LogP contribution in [-0.4, -0.2) is 16.5 Å². The van der Waals surface area contributed by atoms with E-state index in [-0.39, 0.29) is 0 Å². The molecule has 19 heavy (non-hydrogen) atoms. The molecule has 98 valence electrons. The van der Waals surface area contributed by atoms with Gasteiger partial charge in [-0.15, -0.1) is 0 Å². The fourth-order valence-corrected chi connectivity index (χ4v) is 2.44. The van der Waals surface area contributed by atoms with Crippen molar-refractivity contribution in [2.75, 3.05) is 11.9 Å². The molecular weight excluding hydrogens is 283 g/mol. The maximum Gasteiger partial charge on any atom is 0.228 e. The second-order valence-corrected chi connectivity index (χ2v) is 5.12. The van der Waals surface area contributed by atoms with Crippen LogP contribution in [0, 0.1) is 0 Å². The first kappa shape index (κ1) is 12.7. The van der Waals surface area contributed by atoms with Crippen molar-refractivity contribution in [2.24, 2.45) is 0 Å². The van der Waals surface area contributed by atoms with Gasteiger partial charge in [-0.2, -0.15) is 0 Å². The zero-order chi connectivity index (χ0) is 13.2. The average Bonchev–Trinajstić information content (AvgIpc) is 2.42. The number of halogens is 2. The average molecular weight is 295 g/mol. The Balaban J connectivity index is 1.89. The van der Waals surface area contributed by atoms with Gasteiger partial charge < -0.3 is 10.6 Å². The number of anilines is 2. The Morgan fingerprint density at radius 2 is 1.89 bits per heavy atom. The van der Waals surface area contributed by atoms with E-state index in [0.717, 1.165) is 36.5 Å². The Bertz CT molecular complexity index is 598. The molecule has 0 radical (unpaired) electrons. The smallest absolute Gasteiger partial charge is 0.228 e. The summed E-state index contributed by atoms with van der Waals surface area (Å²) in [5.41, 5.74) is 2.88. The third-order valence-corrected chi connectivity index (χ3v) is 3.55. The lowest BCUT2D eigenvalue weighted by Gasteiger charge is -2.18. The minimum atomic E-state index is 0.509. The third kappa shape index (κ3) is 2.81. The Hall–Kier alpha value is -1.36. The summed E-state index contributed by atoms with van der Waals surface area (Å²) in [6.45, 7) is 1.65. The summed E-state index contributed by atoms with van der Waals surface area (Å²) in [7, 11) is 0. The van der Waals surface area contributed by atoms with E-state index in [4.69, 9.17) is 23.2 Å². The molecule has 2 heterocycles. The number of nitrogens with one attached hydrogen (secondary N) is 2. The highest BCUT2D eigenvalue weighted by Crippen LogP contribution is 2.23. The molecular formula is C13H12Cl2N4. The predicted octanol–water partition coefficient (Wildman–Crippen LogP) is 3.17. The highest BCUT2D eigenvalue weighted by molar-refractivity contribution is 6.30. The van der Waals surface area contributed by atoms with Crippen LogP contribution >= 0.6 is 23.2 Å². The van der Waals surface area contributed by atoms with Crippen LogP contribution in [0.5, 0.6) is 0 Å². The normalized spacial score (nSPS) is 14.0. The summed E-state index contributed by atoms with van der Waals surface area (Å²) in [6, 6.07) is 7.37. The Kier molecular flexibility index (Phi) is 3.55. The highest BCUT2D eigenvalue weighted by Gasteiger charge is 2.16. The molecule has 4 nitrogen and oxygen atoms in total. The maximum absolute atomic E-state index is 6.20. The van der Waals surface area contributed by atoms with E-state index in [2.05, 4.69) is 20.6 Å². The largest absolute Gasteiger partial charge is 0.324 e. The first-order valence-corrected chi connectivity index (χ1v) is 6.76. The molecule has 0 atom stereocenters. The quantitative estimate of drug-likeness (QED) is 0.836. The van der Waals surface area contributed by atoms with E-state index in [1.807, 2.05) is 24.3 Å². The monoisotopic (exact) mass is 294 g/mol. The molecule has 2 N–H and O–H groups in total. The lowest BCUT2D eigenvalue weighted by atomic mass is 10.1. The number of hydrogen-bond donors (Lipinski definition) is 2. The van der Waals surface area contributed by atoms with Gasteiger partial charge >= 0.3 is 0 Å². The first-order chi connectivity index (χ1) is 9.22. The van der Waals surface area contributed by atoms with E-state index < -0.39 is 0 Å². The Morgan fingerprint density at radius 3 is 2.68 bits per heavy atom. The molecule has 1 aromatic heterocycles. The predicted molar refractivity (Wildman–Crippen MR) is 77.2 cm³/mol. The maximum atomic E-state index is 6.20. The van der Waals surface area contributed by atoms with Crippen LogP contribution in [0.25, 0.3) is 0 Å². The molecule has 0 bridgehead atoms. The number of nitrogens with zero attached hydrogens (tertiary/aromatic N) is 2. The zero-order valence-electron chi connectivity index (χ0n) is 10.1. The van der Waals surface area contributed by atoms with Crippen molar-refractivity contribution in [1.29, 1.82) is 0 Å². The fourth-order valence-electron chi connectivity index (χ4n) is 2.03. The van der Waals surface area contributed by atoms with Crippen LogP contribution < -0.4 is 10.6 Å². The number of fused-ring (bicyclic) bond motifs is 1. The van der Waals surface area contributed by atoms with E-state index in [1.54, 1.807) is 0 Å². The molecule has 0 saturated heterocycles. The molecule has 0 fully saturated rings. The van der Waals surface area contributed by atoms with E-state index in [1.165, 1.54) is 0 Å². The molecule has 0 saturated carbocycles. The topological polar surface area (TPSA) is 49.8 Å². The van der Waals surface area contributed by atoms with Crippen molar-refractivity contribution in [1.82, 2.24) is 15.3 Å². The number of aromatic nitrogens is 2. The summed E-state index contributed by atoms with van der Waals surface area (Å²) < 4.78 is 0. The van der Waals surface area contributed by atoms with Crippen LogP contribution in [0.4, 0.5) is 11.6 Å². The van der Waals surface area contributed by atoms with Crippen molar-refractivity contribution in [3.63, 3.8) is 0 Å². The fraction of sp³-hybridized carbons (Fsp3) is 0.231. The van der Waals surface area contributed by atoms with E-state index >= 15 is 0 Å². The van der Waals surface area contributed by atoms with Gasteiger partial charge in [0.2, 0.25) is 5.95 Å². The van der Waals surface area contributed by atoms with Gasteiger partial charge in [-0.3, -0.25) is 0 Å². The van der Waals surface area contributed by atoms with E-state index in [9.17, 15) is 0 Å². The number of hydrogen-bond acceptors (Lipinski definition) is 4. The minimum Gasteiger partial charge on any atom is -0.324 e. The summed E-state index contributed by atoms with van der Waals surface area (Å²) in [4.78, 5) is 8.78. The standard InChI is InChI=1S/C13H12Cl2N4/c14-8-1-3-9(4-2-8)17-13-18-11-7-16-6-5-10(11)12(15)19-13/h1-4,16H,5-7H2,(H,17,18,19). The molecule has 0 amide bonds. The lowest BCUT2D eigenvalue weighted by molar-refractivity contribution is 0.624. The van der Waals surface area contributed by atoms with Gasteiger partial charge in [0.05, 0.1) is 5.69 Å². The Labute approximate surface area is 121 Å². The van der Waals surface area contributed by atoms with Gasteiger partial charge in [-0.1, -0.05) is 23.2 Å². The zero-order valence-corrected chi connectivity index (χ0v) is 11.6. The lowest BCUT2D eigenvalue weighted by Crippen LogP contribution is -2.25. The molecule has 1 aromatic carbocycles. The van der Waals surface area contributed by atoms with Crippen molar-refractivity contribution in [3.05, 3.63) is 45.7 Å². The van der Waals surface area contributed by atoms with Crippen molar-refractivity contribution >= 4 is 34.8 Å². The molecule has 3 rings (SSSR count). The van der Waals surface area contributed by atoms with Gasteiger partial charge in [-0.25, -0.2) is 9.97 Å². The second-order valence-electron chi connectivity index (χ2n) is 4.32. The third-order valence-electron chi connectivity index (χ3n) is 2.99. The van der Waals surface area contributed by atoms with Gasteiger partial charge in [0.25, 0.3) is 0 Å². The molecule has 0 spiro atoms. The second kappa shape index (κ2) is 5.33. The SMILES string of the molecule is Clc1ccc(Nc2nc(Cl)c3c(n2)CNCC3)cc1. The van der Waals surface area contributed by atoms with Crippen LogP contribution in [-0.2, 0) is 13.0 Å². The molecule has 0 aliphatic carbocycles. The minimum absolute atomic E-state index is 0.509. The van der Waals surface area contributed by atoms with Crippen LogP contribution in [0.2, 0.25) is 10.2 Å². The number of benzene rings is 1. The van der Waals surface area contributed by atoms with Crippen LogP contribution in [0.3, 0.4) is 0 Å². The molecule has 2 aromatic rings. The van der Waals surface area contributed by atoms with Crippen molar-refractivity contribution < 1.29 is 0 Å².